The summed E-state index contributed by atoms with van der Waals surface area (Å²) in [5.74, 6) is 0.975. The molecule has 2 N–H and O–H groups in total. The van der Waals surface area contributed by atoms with Gasteiger partial charge in [-0.2, -0.15) is 5.10 Å². The lowest BCUT2D eigenvalue weighted by Gasteiger charge is -2.15. The van der Waals surface area contributed by atoms with Crippen LogP contribution >= 0.6 is 0 Å². The number of rotatable bonds is 4. The highest BCUT2D eigenvalue weighted by molar-refractivity contribution is 5.30. The Labute approximate surface area is 107 Å². The molecule has 0 bridgehead atoms. The number of imidazole rings is 1. The Kier molecular flexibility index (Phi) is 3.04. The number of anilines is 1. The first-order chi connectivity index (χ1) is 8.84. The van der Waals surface area contributed by atoms with E-state index < -0.39 is 0 Å². The number of aromatic amines is 1. The number of nitrogens with zero attached hydrogens (tertiary/aromatic N) is 3. The van der Waals surface area contributed by atoms with Crippen molar-refractivity contribution in [3.05, 3.63) is 29.8 Å². The summed E-state index contributed by atoms with van der Waals surface area (Å²) in [7, 11) is 0. The smallest absolute Gasteiger partial charge is 0.203 e. The third kappa shape index (κ3) is 2.12. The van der Waals surface area contributed by atoms with E-state index in [0.717, 1.165) is 18.2 Å². The first-order valence-corrected chi connectivity index (χ1v) is 6.60. The lowest BCUT2D eigenvalue weighted by atomic mass is 10.2. The SMILES string of the molecule is Cc1[nH]ncc1CNc1nccn1C1CCCC1. The Balaban J connectivity index is 1.69. The van der Waals surface area contributed by atoms with Crippen LogP contribution in [0.1, 0.15) is 43.0 Å². The van der Waals surface area contributed by atoms with E-state index in [4.69, 9.17) is 0 Å². The minimum atomic E-state index is 0.625. The predicted octanol–water partition coefficient (Wildman–Crippen LogP) is 2.64. The molecule has 1 aliphatic carbocycles. The molecule has 0 unspecified atom stereocenters. The molecular formula is C13H19N5. The number of aryl methyl sites for hydroxylation is 1. The van der Waals surface area contributed by atoms with Gasteiger partial charge in [0.15, 0.2) is 0 Å². The summed E-state index contributed by atoms with van der Waals surface area (Å²) in [6.45, 7) is 2.81. The van der Waals surface area contributed by atoms with E-state index in [9.17, 15) is 0 Å². The number of hydrogen-bond donors (Lipinski definition) is 2. The van der Waals surface area contributed by atoms with Gasteiger partial charge in [-0.05, 0) is 19.8 Å². The summed E-state index contributed by atoms with van der Waals surface area (Å²) in [5.41, 5.74) is 2.30. The quantitative estimate of drug-likeness (QED) is 0.870. The van der Waals surface area contributed by atoms with Crippen molar-refractivity contribution in [1.29, 1.82) is 0 Å². The zero-order valence-corrected chi connectivity index (χ0v) is 10.7. The number of aromatic nitrogens is 4. The standard InChI is InChI=1S/C13H19N5/c1-10-11(9-16-17-10)8-15-13-14-6-7-18(13)12-4-2-3-5-12/h6-7,9,12H,2-5,8H2,1H3,(H,14,15)(H,16,17). The van der Waals surface area contributed by atoms with Crippen LogP contribution in [0.25, 0.3) is 0 Å². The van der Waals surface area contributed by atoms with Crippen LogP contribution < -0.4 is 5.32 Å². The van der Waals surface area contributed by atoms with Gasteiger partial charge in [-0.25, -0.2) is 4.98 Å². The van der Waals surface area contributed by atoms with Gasteiger partial charge in [0.25, 0.3) is 0 Å². The molecule has 3 rings (SSSR count). The molecule has 0 atom stereocenters. The maximum atomic E-state index is 4.41. The van der Waals surface area contributed by atoms with Crippen molar-refractivity contribution in [2.75, 3.05) is 5.32 Å². The highest BCUT2D eigenvalue weighted by Gasteiger charge is 2.19. The fourth-order valence-electron chi connectivity index (χ4n) is 2.66. The van der Waals surface area contributed by atoms with Gasteiger partial charge in [0.05, 0.1) is 6.20 Å². The van der Waals surface area contributed by atoms with Crippen LogP contribution in [0, 0.1) is 6.92 Å². The third-order valence-corrected chi connectivity index (χ3v) is 3.76. The molecule has 0 radical (unpaired) electrons. The molecule has 2 aromatic rings. The molecule has 0 aromatic carbocycles. The summed E-state index contributed by atoms with van der Waals surface area (Å²) in [6, 6.07) is 0.625. The van der Waals surface area contributed by atoms with Crippen LogP contribution in [0.15, 0.2) is 18.6 Å². The second-order valence-electron chi connectivity index (χ2n) is 4.97. The Hall–Kier alpha value is -1.78. The summed E-state index contributed by atoms with van der Waals surface area (Å²) in [4.78, 5) is 4.41. The summed E-state index contributed by atoms with van der Waals surface area (Å²) >= 11 is 0. The Morgan fingerprint density at radius 3 is 3.00 bits per heavy atom. The largest absolute Gasteiger partial charge is 0.351 e. The summed E-state index contributed by atoms with van der Waals surface area (Å²) in [5, 5.41) is 10.4. The number of hydrogen-bond acceptors (Lipinski definition) is 3. The topological polar surface area (TPSA) is 58.5 Å². The molecule has 2 heterocycles. The van der Waals surface area contributed by atoms with Gasteiger partial charge in [0.2, 0.25) is 5.95 Å². The van der Waals surface area contributed by atoms with Crippen LogP contribution in [0.2, 0.25) is 0 Å². The van der Waals surface area contributed by atoms with Crippen molar-refractivity contribution in [3.63, 3.8) is 0 Å². The van der Waals surface area contributed by atoms with Crippen molar-refractivity contribution in [2.24, 2.45) is 0 Å². The minimum absolute atomic E-state index is 0.625. The predicted molar refractivity (Wildman–Crippen MR) is 70.4 cm³/mol. The molecular weight excluding hydrogens is 226 g/mol. The summed E-state index contributed by atoms with van der Waals surface area (Å²) < 4.78 is 2.28. The van der Waals surface area contributed by atoms with Gasteiger partial charge in [-0.15, -0.1) is 0 Å². The maximum Gasteiger partial charge on any atom is 0.203 e. The summed E-state index contributed by atoms with van der Waals surface area (Å²) in [6.07, 6.45) is 11.0. The highest BCUT2D eigenvalue weighted by atomic mass is 15.2. The molecule has 1 aliphatic rings. The van der Waals surface area contributed by atoms with E-state index in [2.05, 4.69) is 31.3 Å². The van der Waals surface area contributed by atoms with E-state index in [1.165, 1.54) is 31.2 Å². The van der Waals surface area contributed by atoms with E-state index in [1.807, 2.05) is 19.3 Å². The Bertz CT molecular complexity index is 507. The first kappa shape index (κ1) is 11.3. The molecule has 0 saturated heterocycles. The van der Waals surface area contributed by atoms with Gasteiger partial charge >= 0.3 is 0 Å². The first-order valence-electron chi connectivity index (χ1n) is 6.60. The molecule has 0 amide bonds. The lowest BCUT2D eigenvalue weighted by Crippen LogP contribution is -2.10. The molecule has 96 valence electrons. The van der Waals surface area contributed by atoms with Crippen LogP contribution in [0.5, 0.6) is 0 Å². The number of H-pyrrole nitrogens is 1. The van der Waals surface area contributed by atoms with Gasteiger partial charge in [-0.1, -0.05) is 12.8 Å². The van der Waals surface area contributed by atoms with Gasteiger partial charge in [0, 0.05) is 36.2 Å². The van der Waals surface area contributed by atoms with E-state index in [1.54, 1.807) is 0 Å². The van der Waals surface area contributed by atoms with Crippen LogP contribution in [-0.4, -0.2) is 19.7 Å². The molecule has 18 heavy (non-hydrogen) atoms. The van der Waals surface area contributed by atoms with E-state index in [-0.39, 0.29) is 0 Å². The molecule has 2 aromatic heterocycles. The molecule has 5 heteroatoms. The average Bonchev–Trinajstić information content (AvgIpc) is 3.07. The fraction of sp³-hybridized carbons (Fsp3) is 0.538. The third-order valence-electron chi connectivity index (χ3n) is 3.76. The molecule has 0 spiro atoms. The van der Waals surface area contributed by atoms with Crippen LogP contribution in [-0.2, 0) is 6.54 Å². The monoisotopic (exact) mass is 245 g/mol. The lowest BCUT2D eigenvalue weighted by molar-refractivity contribution is 0.523. The fourth-order valence-corrected chi connectivity index (χ4v) is 2.66. The van der Waals surface area contributed by atoms with Crippen molar-refractivity contribution in [1.82, 2.24) is 19.7 Å². The normalized spacial score (nSPS) is 16.3. The van der Waals surface area contributed by atoms with Crippen molar-refractivity contribution < 1.29 is 0 Å². The second-order valence-corrected chi connectivity index (χ2v) is 4.97. The zero-order chi connectivity index (χ0) is 12.4. The molecule has 0 aliphatic heterocycles. The minimum Gasteiger partial charge on any atom is -0.351 e. The van der Waals surface area contributed by atoms with E-state index >= 15 is 0 Å². The van der Waals surface area contributed by atoms with Crippen LogP contribution in [0.4, 0.5) is 5.95 Å². The molecule has 1 saturated carbocycles. The van der Waals surface area contributed by atoms with E-state index in [0.29, 0.717) is 6.04 Å². The van der Waals surface area contributed by atoms with Crippen molar-refractivity contribution >= 4 is 5.95 Å². The second kappa shape index (κ2) is 4.84. The van der Waals surface area contributed by atoms with Crippen molar-refractivity contribution in [2.45, 2.75) is 45.2 Å². The van der Waals surface area contributed by atoms with Crippen molar-refractivity contribution in [3.8, 4) is 0 Å². The Morgan fingerprint density at radius 1 is 1.44 bits per heavy atom. The maximum absolute atomic E-state index is 4.41. The van der Waals surface area contributed by atoms with Crippen LogP contribution in [0.3, 0.4) is 0 Å². The molecule has 1 fully saturated rings. The van der Waals surface area contributed by atoms with Gasteiger partial charge in [0.1, 0.15) is 0 Å². The molecule has 5 nitrogen and oxygen atoms in total. The zero-order valence-electron chi connectivity index (χ0n) is 10.7. The highest BCUT2D eigenvalue weighted by Crippen LogP contribution is 2.31. The van der Waals surface area contributed by atoms with Gasteiger partial charge in [-0.3, -0.25) is 5.10 Å². The van der Waals surface area contributed by atoms with Gasteiger partial charge < -0.3 is 9.88 Å². The Morgan fingerprint density at radius 2 is 2.28 bits per heavy atom. The number of nitrogens with one attached hydrogen (secondary N) is 2. The average molecular weight is 245 g/mol.